The van der Waals surface area contributed by atoms with Crippen molar-refractivity contribution >= 4 is 16.7 Å². The van der Waals surface area contributed by atoms with Crippen LogP contribution in [0.4, 0.5) is 19.0 Å². The summed E-state index contributed by atoms with van der Waals surface area (Å²) in [7, 11) is 0. The smallest absolute Gasteiger partial charge is 0.280 e. The molecule has 0 saturated heterocycles. The summed E-state index contributed by atoms with van der Waals surface area (Å²) in [5, 5.41) is 0.191. The van der Waals surface area contributed by atoms with Crippen LogP contribution in [0.2, 0.25) is 0 Å². The van der Waals surface area contributed by atoms with Gasteiger partial charge in [-0.3, -0.25) is 4.79 Å². The topological polar surface area (TPSA) is 83.0 Å². The van der Waals surface area contributed by atoms with Crippen molar-refractivity contribution in [2.24, 2.45) is 0 Å². The van der Waals surface area contributed by atoms with Crippen LogP contribution in [-0.4, -0.2) is 14.5 Å². The maximum absolute atomic E-state index is 14.0. The van der Waals surface area contributed by atoms with Crippen LogP contribution < -0.4 is 16.0 Å². The molecule has 0 spiro atoms. The van der Waals surface area contributed by atoms with Gasteiger partial charge in [-0.25, -0.2) is 18.2 Å². The maximum Gasteiger partial charge on any atom is 0.280 e. The van der Waals surface area contributed by atoms with Gasteiger partial charge in [0.15, 0.2) is 0 Å². The summed E-state index contributed by atoms with van der Waals surface area (Å²) in [5.74, 6) is -1.96. The lowest BCUT2D eigenvalue weighted by Gasteiger charge is -2.13. The van der Waals surface area contributed by atoms with Gasteiger partial charge in [0.2, 0.25) is 0 Å². The molecule has 0 amide bonds. The van der Waals surface area contributed by atoms with Gasteiger partial charge in [0.1, 0.15) is 34.8 Å². The highest BCUT2D eigenvalue weighted by Crippen LogP contribution is 2.25. The summed E-state index contributed by atoms with van der Waals surface area (Å²) in [6, 6.07) is 9.01. The summed E-state index contributed by atoms with van der Waals surface area (Å²) < 4.78 is 48.2. The molecule has 29 heavy (non-hydrogen) atoms. The molecule has 2 aromatic heterocycles. The van der Waals surface area contributed by atoms with Crippen molar-refractivity contribution in [3.63, 3.8) is 0 Å². The zero-order chi connectivity index (χ0) is 20.5. The van der Waals surface area contributed by atoms with Crippen LogP contribution in [0.3, 0.4) is 0 Å². The lowest BCUT2D eigenvalue weighted by Crippen LogP contribution is -2.14. The fourth-order valence-electron chi connectivity index (χ4n) is 2.86. The van der Waals surface area contributed by atoms with Gasteiger partial charge in [-0.1, -0.05) is 0 Å². The second-order valence-electron chi connectivity index (χ2n) is 6.23. The number of rotatable bonds is 4. The van der Waals surface area contributed by atoms with E-state index in [2.05, 4.69) is 9.97 Å². The third-order valence-corrected chi connectivity index (χ3v) is 4.25. The van der Waals surface area contributed by atoms with E-state index < -0.39 is 23.0 Å². The number of hydrogen-bond acceptors (Lipinski definition) is 5. The maximum atomic E-state index is 14.0. The van der Waals surface area contributed by atoms with E-state index in [9.17, 15) is 18.0 Å². The minimum atomic E-state index is -1.02. The normalized spacial score (nSPS) is 11.0. The predicted molar refractivity (Wildman–Crippen MR) is 100 cm³/mol. The Morgan fingerprint density at radius 2 is 1.69 bits per heavy atom. The quantitative estimate of drug-likeness (QED) is 0.568. The van der Waals surface area contributed by atoms with Crippen LogP contribution in [-0.2, 0) is 6.54 Å². The third kappa shape index (κ3) is 3.75. The van der Waals surface area contributed by atoms with E-state index in [0.717, 1.165) is 0 Å². The van der Waals surface area contributed by atoms with Crippen molar-refractivity contribution < 1.29 is 17.9 Å². The van der Waals surface area contributed by atoms with Gasteiger partial charge in [-0.2, -0.15) is 4.98 Å². The molecule has 0 atom stereocenters. The first kappa shape index (κ1) is 18.5. The summed E-state index contributed by atoms with van der Waals surface area (Å²) >= 11 is 0. The Balaban J connectivity index is 1.73. The molecule has 0 bridgehead atoms. The minimum absolute atomic E-state index is 0.191. The number of pyridine rings is 1. The van der Waals surface area contributed by atoms with Gasteiger partial charge in [-0.15, -0.1) is 0 Å². The van der Waals surface area contributed by atoms with E-state index >= 15 is 0 Å². The number of anilines is 1. The molecule has 0 fully saturated rings. The number of hydrogen-bond donors (Lipinski definition) is 1. The Morgan fingerprint density at radius 3 is 2.38 bits per heavy atom. The summed E-state index contributed by atoms with van der Waals surface area (Å²) in [5.41, 5.74) is 5.04. The van der Waals surface area contributed by atoms with Gasteiger partial charge in [0.05, 0.1) is 30.0 Å². The van der Waals surface area contributed by atoms with Crippen molar-refractivity contribution in [3.8, 4) is 11.5 Å². The monoisotopic (exact) mass is 398 g/mol. The number of ether oxygens (including phenoxy) is 1. The number of aromatic nitrogens is 3. The van der Waals surface area contributed by atoms with Crippen molar-refractivity contribution in [3.05, 3.63) is 88.4 Å². The first-order chi connectivity index (χ1) is 13.9. The molecule has 0 aliphatic carbocycles. The molecule has 2 heterocycles. The molecule has 9 heteroatoms. The van der Waals surface area contributed by atoms with Crippen LogP contribution in [0, 0.1) is 17.5 Å². The van der Waals surface area contributed by atoms with E-state index in [1.165, 1.54) is 23.2 Å². The number of nitrogens with two attached hydrogens (primary N) is 1. The van der Waals surface area contributed by atoms with Crippen molar-refractivity contribution in [2.75, 3.05) is 5.73 Å². The minimum Gasteiger partial charge on any atom is -0.456 e. The van der Waals surface area contributed by atoms with E-state index in [-0.39, 0.29) is 17.5 Å². The number of nitrogens with zero attached hydrogens (tertiary/aromatic N) is 3. The zero-order valence-corrected chi connectivity index (χ0v) is 14.8. The molecule has 6 nitrogen and oxygen atoms in total. The first-order valence-electron chi connectivity index (χ1n) is 8.43. The van der Waals surface area contributed by atoms with Gasteiger partial charge >= 0.3 is 0 Å². The molecular formula is C20H13F3N4O2. The average molecular weight is 398 g/mol. The molecular weight excluding hydrogens is 385 g/mol. The number of halogens is 3. The van der Waals surface area contributed by atoms with Gasteiger partial charge in [0.25, 0.3) is 5.56 Å². The Hall–Kier alpha value is -3.88. The predicted octanol–water partition coefficient (Wildman–Crippen LogP) is 3.63. The molecule has 4 rings (SSSR count). The summed E-state index contributed by atoms with van der Waals surface area (Å²) in [6.07, 6.45) is 2.61. The Morgan fingerprint density at radius 1 is 0.966 bits per heavy atom. The van der Waals surface area contributed by atoms with Crippen LogP contribution in [0.25, 0.3) is 10.9 Å². The summed E-state index contributed by atoms with van der Waals surface area (Å²) in [6.45, 7) is -0.274. The van der Waals surface area contributed by atoms with Crippen LogP contribution in [0.15, 0.2) is 59.8 Å². The van der Waals surface area contributed by atoms with E-state index in [0.29, 0.717) is 35.0 Å². The van der Waals surface area contributed by atoms with Crippen molar-refractivity contribution in [1.29, 1.82) is 0 Å². The Labute approximate surface area is 162 Å². The van der Waals surface area contributed by atoms with Gasteiger partial charge in [-0.05, 0) is 30.3 Å². The molecule has 0 radical (unpaired) electrons. The van der Waals surface area contributed by atoms with Crippen molar-refractivity contribution in [2.45, 2.75) is 6.54 Å². The van der Waals surface area contributed by atoms with Crippen LogP contribution in [0.1, 0.15) is 5.56 Å². The second kappa shape index (κ2) is 7.27. The SMILES string of the molecule is Nc1ccc(Oc2ccc3c(c2)c(=O)ncn3Cc2c(F)cc(F)cc2F)cn1. The third-order valence-electron chi connectivity index (χ3n) is 4.25. The van der Waals surface area contributed by atoms with Gasteiger partial charge in [0, 0.05) is 17.7 Å². The molecule has 0 aliphatic rings. The van der Waals surface area contributed by atoms with Crippen LogP contribution in [0.5, 0.6) is 11.5 Å². The zero-order valence-electron chi connectivity index (χ0n) is 14.8. The fourth-order valence-corrected chi connectivity index (χ4v) is 2.86. The first-order valence-corrected chi connectivity index (χ1v) is 8.43. The average Bonchev–Trinajstić information content (AvgIpc) is 2.68. The van der Waals surface area contributed by atoms with E-state index in [4.69, 9.17) is 10.5 Å². The molecule has 0 unspecified atom stereocenters. The molecule has 146 valence electrons. The van der Waals surface area contributed by atoms with Crippen molar-refractivity contribution in [1.82, 2.24) is 14.5 Å². The lowest BCUT2D eigenvalue weighted by atomic mass is 10.1. The highest BCUT2D eigenvalue weighted by atomic mass is 19.1. The fraction of sp³-hybridized carbons (Fsp3) is 0.0500. The number of nitrogen functional groups attached to an aromatic ring is 1. The van der Waals surface area contributed by atoms with E-state index in [1.54, 1.807) is 24.3 Å². The molecule has 2 aromatic carbocycles. The van der Waals surface area contributed by atoms with E-state index in [1.807, 2.05) is 0 Å². The standard InChI is InChI=1S/C20H13F3N4O2/c21-11-5-16(22)15(17(23)6-11)9-27-10-26-20(28)14-7-12(1-3-18(14)27)29-13-2-4-19(24)25-8-13/h1-8,10H,9H2,(H2,24,25). The summed E-state index contributed by atoms with van der Waals surface area (Å²) in [4.78, 5) is 19.9. The largest absolute Gasteiger partial charge is 0.456 e. The molecule has 4 aromatic rings. The Bertz CT molecular complexity index is 1250. The second-order valence-corrected chi connectivity index (χ2v) is 6.23. The molecule has 0 aliphatic heterocycles. The highest BCUT2D eigenvalue weighted by molar-refractivity contribution is 5.79. The highest BCUT2D eigenvalue weighted by Gasteiger charge is 2.14. The van der Waals surface area contributed by atoms with Gasteiger partial charge < -0.3 is 15.0 Å². The molecule has 2 N–H and O–H groups in total. The number of benzene rings is 2. The lowest BCUT2D eigenvalue weighted by molar-refractivity contribution is 0.481. The van der Waals surface area contributed by atoms with Crippen LogP contribution >= 0.6 is 0 Å². The molecule has 0 saturated carbocycles. The Kier molecular flexibility index (Phi) is 4.63. The number of fused-ring (bicyclic) bond motifs is 1.